The molecule has 0 saturated heterocycles. The molecule has 82 valence electrons. The van der Waals surface area contributed by atoms with E-state index in [0.29, 0.717) is 10.2 Å². The van der Waals surface area contributed by atoms with Gasteiger partial charge in [-0.2, -0.15) is 0 Å². The van der Waals surface area contributed by atoms with E-state index in [-0.39, 0.29) is 11.6 Å². The lowest BCUT2D eigenvalue weighted by molar-refractivity contribution is 0.0723. The lowest BCUT2D eigenvalue weighted by Gasteiger charge is -2.03. The van der Waals surface area contributed by atoms with Crippen LogP contribution in [-0.2, 0) is 0 Å². The van der Waals surface area contributed by atoms with Crippen molar-refractivity contribution >= 4 is 27.8 Å². The van der Waals surface area contributed by atoms with E-state index in [9.17, 15) is 4.79 Å². The molecule has 2 N–H and O–H groups in total. The van der Waals surface area contributed by atoms with Crippen LogP contribution in [0.2, 0.25) is 0 Å². The Kier molecular flexibility index (Phi) is 2.91. The van der Waals surface area contributed by atoms with Crippen molar-refractivity contribution in [3.05, 3.63) is 40.5 Å². The highest BCUT2D eigenvalue weighted by Gasteiger charge is 2.14. The zero-order valence-electron chi connectivity index (χ0n) is 8.01. The molecule has 0 atom stereocenters. The number of para-hydroxylation sites is 1. The maximum absolute atomic E-state index is 11.6. The highest BCUT2D eigenvalue weighted by molar-refractivity contribution is 9.10. The minimum atomic E-state index is -0.618. The van der Waals surface area contributed by atoms with Crippen molar-refractivity contribution in [1.82, 2.24) is 5.16 Å². The third kappa shape index (κ3) is 2.22. The van der Waals surface area contributed by atoms with Gasteiger partial charge in [-0.05, 0) is 28.1 Å². The number of halogens is 1. The molecule has 0 unspecified atom stereocenters. The third-order valence-electron chi connectivity index (χ3n) is 1.78. The van der Waals surface area contributed by atoms with E-state index in [0.717, 1.165) is 0 Å². The third-order valence-corrected chi connectivity index (χ3v) is 2.43. The Morgan fingerprint density at radius 2 is 2.19 bits per heavy atom. The van der Waals surface area contributed by atoms with Gasteiger partial charge in [-0.1, -0.05) is 17.3 Å². The molecule has 0 fully saturated rings. The van der Waals surface area contributed by atoms with Gasteiger partial charge in [0.2, 0.25) is 5.88 Å². The molecule has 0 aliphatic rings. The number of anilines is 1. The summed E-state index contributed by atoms with van der Waals surface area (Å²) in [6.45, 7) is 0. The van der Waals surface area contributed by atoms with Gasteiger partial charge in [0.15, 0.2) is 5.69 Å². The molecule has 0 spiro atoms. The van der Waals surface area contributed by atoms with E-state index >= 15 is 0 Å². The van der Waals surface area contributed by atoms with Crippen LogP contribution in [0.4, 0.5) is 5.88 Å². The molecule has 0 radical (unpaired) electrons. The van der Waals surface area contributed by atoms with Gasteiger partial charge in [-0.15, -0.1) is 0 Å². The second-order valence-electron chi connectivity index (χ2n) is 2.93. The van der Waals surface area contributed by atoms with Crippen molar-refractivity contribution < 1.29 is 14.1 Å². The van der Waals surface area contributed by atoms with Crippen molar-refractivity contribution in [2.45, 2.75) is 0 Å². The van der Waals surface area contributed by atoms with Crippen LogP contribution in [-0.4, -0.2) is 11.1 Å². The number of ether oxygens (including phenoxy) is 1. The van der Waals surface area contributed by atoms with E-state index in [1.165, 1.54) is 6.07 Å². The van der Waals surface area contributed by atoms with E-state index in [1.54, 1.807) is 18.2 Å². The summed E-state index contributed by atoms with van der Waals surface area (Å²) in [5, 5.41) is 3.45. The Bertz CT molecular complexity index is 524. The Hall–Kier alpha value is -1.82. The second-order valence-corrected chi connectivity index (χ2v) is 3.79. The molecule has 1 aromatic heterocycles. The summed E-state index contributed by atoms with van der Waals surface area (Å²) in [6.07, 6.45) is 0. The molecule has 0 amide bonds. The first-order valence-electron chi connectivity index (χ1n) is 4.36. The molecule has 0 bridgehead atoms. The van der Waals surface area contributed by atoms with Crippen molar-refractivity contribution in [2.75, 3.05) is 5.73 Å². The van der Waals surface area contributed by atoms with Gasteiger partial charge >= 0.3 is 5.97 Å². The molecule has 2 rings (SSSR count). The number of carbonyl (C=O) groups is 1. The highest BCUT2D eigenvalue weighted by Crippen LogP contribution is 2.24. The van der Waals surface area contributed by atoms with E-state index in [1.807, 2.05) is 6.07 Å². The summed E-state index contributed by atoms with van der Waals surface area (Å²) in [4.78, 5) is 11.6. The SMILES string of the molecule is Nc1cc(C(=O)Oc2ccccc2Br)no1. The van der Waals surface area contributed by atoms with Gasteiger partial charge in [0.1, 0.15) is 5.75 Å². The van der Waals surface area contributed by atoms with Crippen molar-refractivity contribution in [3.8, 4) is 5.75 Å². The Morgan fingerprint density at radius 3 is 2.81 bits per heavy atom. The number of nitrogens with zero attached hydrogens (tertiary/aromatic N) is 1. The summed E-state index contributed by atoms with van der Waals surface area (Å²) in [5.41, 5.74) is 5.33. The maximum atomic E-state index is 11.6. The van der Waals surface area contributed by atoms with Gasteiger partial charge in [-0.25, -0.2) is 4.79 Å². The molecule has 1 heterocycles. The summed E-state index contributed by atoms with van der Waals surface area (Å²) < 4.78 is 10.3. The van der Waals surface area contributed by atoms with Gasteiger partial charge in [0.05, 0.1) is 4.47 Å². The number of hydrogen-bond donors (Lipinski definition) is 1. The van der Waals surface area contributed by atoms with E-state index < -0.39 is 5.97 Å². The number of benzene rings is 1. The molecule has 16 heavy (non-hydrogen) atoms. The Balaban J connectivity index is 2.17. The van der Waals surface area contributed by atoms with Crippen LogP contribution in [0.5, 0.6) is 5.75 Å². The lowest BCUT2D eigenvalue weighted by Crippen LogP contribution is -2.08. The smallest absolute Gasteiger partial charge is 0.366 e. The number of carbonyl (C=O) groups excluding carboxylic acids is 1. The monoisotopic (exact) mass is 282 g/mol. The van der Waals surface area contributed by atoms with E-state index in [2.05, 4.69) is 25.6 Å². The molecular weight excluding hydrogens is 276 g/mol. The zero-order chi connectivity index (χ0) is 11.5. The van der Waals surface area contributed by atoms with Crippen LogP contribution in [0.3, 0.4) is 0 Å². The minimum Gasteiger partial charge on any atom is -0.421 e. The number of aromatic nitrogens is 1. The van der Waals surface area contributed by atoms with Crippen LogP contribution in [0.15, 0.2) is 39.3 Å². The van der Waals surface area contributed by atoms with E-state index in [4.69, 9.17) is 10.5 Å². The lowest BCUT2D eigenvalue weighted by atomic mass is 10.3. The Labute approximate surface area is 99.3 Å². The molecule has 5 nitrogen and oxygen atoms in total. The van der Waals surface area contributed by atoms with Crippen LogP contribution in [0, 0.1) is 0 Å². The first-order valence-corrected chi connectivity index (χ1v) is 5.15. The highest BCUT2D eigenvalue weighted by atomic mass is 79.9. The molecule has 1 aromatic carbocycles. The topological polar surface area (TPSA) is 78.4 Å². The predicted molar refractivity (Wildman–Crippen MR) is 60.0 cm³/mol. The van der Waals surface area contributed by atoms with Gasteiger partial charge < -0.3 is 15.0 Å². The summed E-state index contributed by atoms with van der Waals surface area (Å²) >= 11 is 3.26. The number of nitrogens with two attached hydrogens (primary N) is 1. The second kappa shape index (κ2) is 4.36. The number of hydrogen-bond acceptors (Lipinski definition) is 5. The van der Waals surface area contributed by atoms with Crippen LogP contribution in [0.25, 0.3) is 0 Å². The largest absolute Gasteiger partial charge is 0.421 e. The number of esters is 1. The normalized spacial score (nSPS) is 10.1. The van der Waals surface area contributed by atoms with Crippen molar-refractivity contribution in [1.29, 1.82) is 0 Å². The number of nitrogen functional groups attached to an aromatic ring is 1. The standard InChI is InChI=1S/C10H7BrN2O3/c11-6-3-1-2-4-8(6)15-10(14)7-5-9(12)16-13-7/h1-5H,12H2. The quantitative estimate of drug-likeness (QED) is 0.675. The van der Waals surface area contributed by atoms with Gasteiger partial charge in [0, 0.05) is 6.07 Å². The molecule has 0 aliphatic heterocycles. The van der Waals surface area contributed by atoms with Crippen LogP contribution >= 0.6 is 15.9 Å². The minimum absolute atomic E-state index is 0.0354. The predicted octanol–water partition coefficient (Wildman–Crippen LogP) is 2.24. The number of rotatable bonds is 2. The molecular formula is C10H7BrN2O3. The average Bonchev–Trinajstić information content (AvgIpc) is 2.68. The maximum Gasteiger partial charge on any atom is 0.366 e. The zero-order valence-corrected chi connectivity index (χ0v) is 9.60. The Morgan fingerprint density at radius 1 is 1.44 bits per heavy atom. The average molecular weight is 283 g/mol. The van der Waals surface area contributed by atoms with Gasteiger partial charge in [0.25, 0.3) is 0 Å². The fourth-order valence-electron chi connectivity index (χ4n) is 1.07. The fraction of sp³-hybridized carbons (Fsp3) is 0. The van der Waals surface area contributed by atoms with Gasteiger partial charge in [-0.3, -0.25) is 0 Å². The van der Waals surface area contributed by atoms with Crippen LogP contribution in [0.1, 0.15) is 10.5 Å². The summed E-state index contributed by atoms with van der Waals surface area (Å²) in [5.74, 6) is -0.138. The fourth-order valence-corrected chi connectivity index (χ4v) is 1.43. The molecule has 0 saturated carbocycles. The van der Waals surface area contributed by atoms with Crippen molar-refractivity contribution in [3.63, 3.8) is 0 Å². The van der Waals surface area contributed by atoms with Crippen molar-refractivity contribution in [2.24, 2.45) is 0 Å². The molecule has 6 heteroatoms. The first kappa shape index (κ1) is 10.7. The molecule has 2 aromatic rings. The summed E-state index contributed by atoms with van der Waals surface area (Å²) in [6, 6.07) is 8.30. The first-order chi connectivity index (χ1) is 7.66. The summed E-state index contributed by atoms with van der Waals surface area (Å²) in [7, 11) is 0. The molecule has 0 aliphatic carbocycles. The van der Waals surface area contributed by atoms with Crippen LogP contribution < -0.4 is 10.5 Å².